The van der Waals surface area contributed by atoms with E-state index in [4.69, 9.17) is 17.5 Å². The van der Waals surface area contributed by atoms with Crippen LogP contribution in [0.5, 0.6) is 0 Å². The van der Waals surface area contributed by atoms with Gasteiger partial charge in [-0.3, -0.25) is 9.88 Å². The Labute approximate surface area is 122 Å². The summed E-state index contributed by atoms with van der Waals surface area (Å²) in [6.45, 7) is 1.95. The largest absolute Gasteiger partial charge is 0.310 e. The molecule has 0 aliphatic carbocycles. The van der Waals surface area contributed by atoms with Gasteiger partial charge in [-0.25, -0.2) is 4.68 Å². The lowest BCUT2D eigenvalue weighted by atomic mass is 10.2. The molecule has 0 fully saturated rings. The van der Waals surface area contributed by atoms with Gasteiger partial charge in [0.15, 0.2) is 4.77 Å². The first-order valence-corrected chi connectivity index (χ1v) is 6.68. The van der Waals surface area contributed by atoms with Gasteiger partial charge in [-0.05, 0) is 23.8 Å². The van der Waals surface area contributed by atoms with Crippen molar-refractivity contribution in [1.29, 1.82) is 5.26 Å². The van der Waals surface area contributed by atoms with E-state index in [2.05, 4.69) is 21.1 Å². The summed E-state index contributed by atoms with van der Waals surface area (Å²) in [6, 6.07) is 6.10. The van der Waals surface area contributed by atoms with Crippen LogP contribution in [0.15, 0.2) is 30.9 Å². The maximum absolute atomic E-state index is 8.77. The molecule has 2 heterocycles. The molecular weight excluding hydrogens is 272 g/mol. The predicted molar refractivity (Wildman–Crippen MR) is 76.9 cm³/mol. The standard InChI is InChI=1S/C13H16N6S/c1-17-10-16-19(13(17)20)11-18(7-3-5-14)9-12-4-2-6-15-8-12/h2,4,6,8,10H,3,7,9,11H2,1H3. The van der Waals surface area contributed by atoms with Gasteiger partial charge in [0, 0.05) is 39.0 Å². The van der Waals surface area contributed by atoms with Gasteiger partial charge in [0.05, 0.1) is 12.7 Å². The van der Waals surface area contributed by atoms with E-state index < -0.39 is 0 Å². The first-order valence-electron chi connectivity index (χ1n) is 6.27. The van der Waals surface area contributed by atoms with Gasteiger partial charge in [-0.15, -0.1) is 0 Å². The Morgan fingerprint density at radius 1 is 1.50 bits per heavy atom. The molecule has 0 amide bonds. The van der Waals surface area contributed by atoms with Crippen molar-refractivity contribution in [2.75, 3.05) is 6.54 Å². The van der Waals surface area contributed by atoms with Crippen LogP contribution in [0.1, 0.15) is 12.0 Å². The van der Waals surface area contributed by atoms with Gasteiger partial charge >= 0.3 is 0 Å². The third-order valence-electron chi connectivity index (χ3n) is 2.89. The Morgan fingerprint density at radius 2 is 2.35 bits per heavy atom. The van der Waals surface area contributed by atoms with E-state index in [0.717, 1.165) is 5.56 Å². The van der Waals surface area contributed by atoms with E-state index in [9.17, 15) is 0 Å². The number of rotatable bonds is 6. The maximum atomic E-state index is 8.77. The fraction of sp³-hybridized carbons (Fsp3) is 0.385. The number of aryl methyl sites for hydroxylation is 1. The third-order valence-corrected chi connectivity index (χ3v) is 3.39. The highest BCUT2D eigenvalue weighted by atomic mass is 32.1. The lowest BCUT2D eigenvalue weighted by Crippen LogP contribution is -2.28. The van der Waals surface area contributed by atoms with E-state index >= 15 is 0 Å². The van der Waals surface area contributed by atoms with Crippen LogP contribution in [-0.4, -0.2) is 30.8 Å². The molecule has 0 atom stereocenters. The zero-order chi connectivity index (χ0) is 14.4. The molecule has 0 saturated heterocycles. The Kier molecular flexibility index (Phi) is 4.98. The summed E-state index contributed by atoms with van der Waals surface area (Å²) in [6.07, 6.45) is 5.74. The van der Waals surface area contributed by atoms with Gasteiger partial charge in [0.2, 0.25) is 0 Å². The molecule has 0 spiro atoms. The number of nitriles is 1. The van der Waals surface area contributed by atoms with E-state index in [-0.39, 0.29) is 0 Å². The zero-order valence-corrected chi connectivity index (χ0v) is 12.1. The van der Waals surface area contributed by atoms with E-state index in [1.807, 2.05) is 25.4 Å². The Hall–Kier alpha value is -2.04. The molecule has 0 aromatic carbocycles. The van der Waals surface area contributed by atoms with Gasteiger partial charge in [-0.1, -0.05) is 6.07 Å². The topological polar surface area (TPSA) is 62.7 Å². The molecule has 2 aromatic heterocycles. The number of hydrogen-bond donors (Lipinski definition) is 0. The van der Waals surface area contributed by atoms with Crippen molar-refractivity contribution in [2.45, 2.75) is 19.6 Å². The molecule has 6 nitrogen and oxygen atoms in total. The summed E-state index contributed by atoms with van der Waals surface area (Å²) in [5, 5.41) is 13.0. The minimum absolute atomic E-state index is 0.473. The molecule has 7 heteroatoms. The summed E-state index contributed by atoms with van der Waals surface area (Å²) < 4.78 is 4.21. The Bertz CT molecular complexity index is 639. The van der Waals surface area contributed by atoms with Crippen molar-refractivity contribution in [2.24, 2.45) is 7.05 Å². The summed E-state index contributed by atoms with van der Waals surface area (Å²) in [5.74, 6) is 0. The Balaban J connectivity index is 2.09. The molecule has 0 N–H and O–H groups in total. The van der Waals surface area contributed by atoms with Crippen molar-refractivity contribution in [3.05, 3.63) is 41.2 Å². The second kappa shape index (κ2) is 6.93. The quantitative estimate of drug-likeness (QED) is 0.757. The second-order valence-electron chi connectivity index (χ2n) is 4.49. The molecule has 0 aliphatic heterocycles. The first kappa shape index (κ1) is 14.4. The van der Waals surface area contributed by atoms with Gasteiger partial charge in [0.1, 0.15) is 6.33 Å². The van der Waals surface area contributed by atoms with E-state index in [1.54, 1.807) is 21.8 Å². The highest BCUT2D eigenvalue weighted by Crippen LogP contribution is 2.05. The molecule has 0 unspecified atom stereocenters. The average molecular weight is 288 g/mol. The SMILES string of the molecule is Cn1cnn(CN(CCC#N)Cc2cccnc2)c1=S. The fourth-order valence-corrected chi connectivity index (χ4v) is 2.02. The highest BCUT2D eigenvalue weighted by Gasteiger charge is 2.09. The smallest absolute Gasteiger partial charge is 0.198 e. The average Bonchev–Trinajstić information content (AvgIpc) is 2.78. The number of nitrogens with zero attached hydrogens (tertiary/aromatic N) is 6. The Morgan fingerprint density at radius 3 is 2.95 bits per heavy atom. The van der Waals surface area contributed by atoms with Gasteiger partial charge in [0.25, 0.3) is 0 Å². The van der Waals surface area contributed by atoms with Gasteiger partial charge in [-0.2, -0.15) is 10.4 Å². The van der Waals surface area contributed by atoms with E-state index in [0.29, 0.717) is 31.0 Å². The van der Waals surface area contributed by atoms with Crippen molar-refractivity contribution >= 4 is 12.2 Å². The lowest BCUT2D eigenvalue weighted by molar-refractivity contribution is 0.200. The van der Waals surface area contributed by atoms with Crippen molar-refractivity contribution in [3.8, 4) is 6.07 Å². The molecule has 2 rings (SSSR count). The number of pyridine rings is 1. The summed E-state index contributed by atoms with van der Waals surface area (Å²) in [4.78, 5) is 6.24. The fourth-order valence-electron chi connectivity index (χ4n) is 1.86. The molecule has 0 saturated carbocycles. The van der Waals surface area contributed by atoms with Crippen LogP contribution in [0.25, 0.3) is 0 Å². The molecule has 0 aliphatic rings. The third kappa shape index (κ3) is 3.73. The second-order valence-corrected chi connectivity index (χ2v) is 4.85. The minimum atomic E-state index is 0.473. The number of aromatic nitrogens is 4. The summed E-state index contributed by atoms with van der Waals surface area (Å²) in [5.41, 5.74) is 1.10. The lowest BCUT2D eigenvalue weighted by Gasteiger charge is -2.20. The van der Waals surface area contributed by atoms with Crippen LogP contribution in [0.4, 0.5) is 0 Å². The zero-order valence-electron chi connectivity index (χ0n) is 11.3. The van der Waals surface area contributed by atoms with Crippen molar-refractivity contribution in [3.63, 3.8) is 0 Å². The van der Waals surface area contributed by atoms with Crippen LogP contribution < -0.4 is 0 Å². The molecular formula is C13H16N6S. The minimum Gasteiger partial charge on any atom is -0.310 e. The van der Waals surface area contributed by atoms with Crippen LogP contribution in [-0.2, 0) is 20.3 Å². The maximum Gasteiger partial charge on any atom is 0.198 e. The van der Waals surface area contributed by atoms with Crippen LogP contribution in [0.2, 0.25) is 0 Å². The van der Waals surface area contributed by atoms with Crippen LogP contribution in [0, 0.1) is 16.1 Å². The summed E-state index contributed by atoms with van der Waals surface area (Å²) >= 11 is 5.28. The number of hydrogen-bond acceptors (Lipinski definition) is 5. The monoisotopic (exact) mass is 288 g/mol. The molecule has 2 aromatic rings. The van der Waals surface area contributed by atoms with Crippen molar-refractivity contribution < 1.29 is 0 Å². The molecule has 0 bridgehead atoms. The molecule has 20 heavy (non-hydrogen) atoms. The summed E-state index contributed by atoms with van der Waals surface area (Å²) in [7, 11) is 1.87. The normalized spacial score (nSPS) is 10.7. The first-order chi connectivity index (χ1) is 9.70. The molecule has 0 radical (unpaired) electrons. The highest BCUT2D eigenvalue weighted by molar-refractivity contribution is 7.71. The van der Waals surface area contributed by atoms with Crippen LogP contribution >= 0.6 is 12.2 Å². The van der Waals surface area contributed by atoms with E-state index in [1.165, 1.54) is 0 Å². The van der Waals surface area contributed by atoms with Gasteiger partial charge < -0.3 is 4.57 Å². The predicted octanol–water partition coefficient (Wildman–Crippen LogP) is 1.72. The van der Waals surface area contributed by atoms with Crippen LogP contribution in [0.3, 0.4) is 0 Å². The molecule has 104 valence electrons. The van der Waals surface area contributed by atoms with Crippen molar-refractivity contribution in [1.82, 2.24) is 24.2 Å².